The van der Waals surface area contributed by atoms with Crippen LogP contribution in [0.3, 0.4) is 0 Å². The van der Waals surface area contributed by atoms with Crippen molar-refractivity contribution in [1.29, 1.82) is 0 Å². The molecule has 0 aromatic heterocycles. The molecule has 2 rings (SSSR count). The number of rotatable bonds is 3. The summed E-state index contributed by atoms with van der Waals surface area (Å²) in [6.07, 6.45) is -0.115. The molecule has 106 valence electrons. The van der Waals surface area contributed by atoms with E-state index in [0.29, 0.717) is 0 Å². The van der Waals surface area contributed by atoms with Gasteiger partial charge in [0.05, 0.1) is 18.3 Å². The summed E-state index contributed by atoms with van der Waals surface area (Å²) in [6, 6.07) is 5.87. The van der Waals surface area contributed by atoms with Crippen LogP contribution in [0.5, 0.6) is 0 Å². The third-order valence-electron chi connectivity index (χ3n) is 3.23. The third-order valence-corrected chi connectivity index (χ3v) is 3.96. The summed E-state index contributed by atoms with van der Waals surface area (Å²) in [5.41, 5.74) is 7.47. The zero-order chi connectivity index (χ0) is 14.0. The molecule has 1 fully saturated rings. The van der Waals surface area contributed by atoms with Crippen molar-refractivity contribution >= 4 is 21.6 Å². The van der Waals surface area contributed by atoms with E-state index in [1.165, 1.54) is 5.56 Å². The minimum atomic E-state index is -0.230. The fourth-order valence-corrected chi connectivity index (χ4v) is 3.09. The van der Waals surface area contributed by atoms with Crippen LogP contribution >= 0.6 is 15.9 Å². The monoisotopic (exact) mass is 328 g/mol. The summed E-state index contributed by atoms with van der Waals surface area (Å²) in [5, 5.41) is 9.32. The van der Waals surface area contributed by atoms with E-state index < -0.39 is 0 Å². The Hall–Kier alpha value is -0.620. The van der Waals surface area contributed by atoms with Gasteiger partial charge in [-0.3, -0.25) is 4.90 Å². The number of aliphatic hydroxyl groups is 1. The zero-order valence-corrected chi connectivity index (χ0v) is 13.0. The lowest BCUT2D eigenvalue weighted by Crippen LogP contribution is -2.53. The van der Waals surface area contributed by atoms with Crippen LogP contribution in [0.15, 0.2) is 22.7 Å². The summed E-state index contributed by atoms with van der Waals surface area (Å²) >= 11 is 3.55. The SMILES string of the molecule is CC1(C)CN(Cc2ccc(N)cc2Br)CC(CO)O1. The van der Waals surface area contributed by atoms with Gasteiger partial charge in [-0.25, -0.2) is 0 Å². The maximum Gasteiger partial charge on any atom is 0.0940 e. The molecule has 0 aliphatic carbocycles. The number of hydrogen-bond donors (Lipinski definition) is 2. The minimum Gasteiger partial charge on any atom is -0.399 e. The maximum atomic E-state index is 9.32. The van der Waals surface area contributed by atoms with Crippen molar-refractivity contribution in [3.8, 4) is 0 Å². The van der Waals surface area contributed by atoms with E-state index in [1.807, 2.05) is 18.2 Å². The van der Waals surface area contributed by atoms with E-state index in [0.717, 1.165) is 29.8 Å². The lowest BCUT2D eigenvalue weighted by atomic mass is 10.0. The first kappa shape index (κ1) is 14.8. The second-order valence-corrected chi connectivity index (χ2v) is 6.56. The Balaban J connectivity index is 2.09. The van der Waals surface area contributed by atoms with E-state index in [2.05, 4.69) is 34.7 Å². The van der Waals surface area contributed by atoms with Crippen molar-refractivity contribution in [2.75, 3.05) is 25.4 Å². The smallest absolute Gasteiger partial charge is 0.0940 e. The topological polar surface area (TPSA) is 58.7 Å². The van der Waals surface area contributed by atoms with Gasteiger partial charge in [-0.1, -0.05) is 22.0 Å². The second-order valence-electron chi connectivity index (χ2n) is 5.70. The Labute approximate surface area is 122 Å². The van der Waals surface area contributed by atoms with Gasteiger partial charge in [0.1, 0.15) is 0 Å². The Morgan fingerprint density at radius 1 is 1.53 bits per heavy atom. The first-order chi connectivity index (χ1) is 8.89. The standard InChI is InChI=1S/C14H21BrN2O2/c1-14(2)9-17(7-12(8-18)19-14)6-10-3-4-11(16)5-13(10)15/h3-5,12,18H,6-9,16H2,1-2H3. The van der Waals surface area contributed by atoms with Crippen LogP contribution in [0.2, 0.25) is 0 Å². The number of benzene rings is 1. The third kappa shape index (κ3) is 3.92. The summed E-state index contributed by atoms with van der Waals surface area (Å²) in [5.74, 6) is 0. The van der Waals surface area contributed by atoms with Crippen LogP contribution < -0.4 is 5.73 Å². The zero-order valence-electron chi connectivity index (χ0n) is 11.4. The van der Waals surface area contributed by atoms with Gasteiger partial charge in [0.25, 0.3) is 0 Å². The molecule has 3 N–H and O–H groups in total. The van der Waals surface area contributed by atoms with E-state index in [1.54, 1.807) is 0 Å². The highest BCUT2D eigenvalue weighted by Gasteiger charge is 2.33. The molecule has 1 unspecified atom stereocenters. The quantitative estimate of drug-likeness (QED) is 0.833. The van der Waals surface area contributed by atoms with Crippen LogP contribution in [0.4, 0.5) is 5.69 Å². The maximum absolute atomic E-state index is 9.32. The molecule has 0 bridgehead atoms. The highest BCUT2D eigenvalue weighted by Crippen LogP contribution is 2.26. The molecule has 1 heterocycles. The van der Waals surface area contributed by atoms with Gasteiger partial charge in [0.15, 0.2) is 0 Å². The summed E-state index contributed by atoms with van der Waals surface area (Å²) in [4.78, 5) is 2.31. The summed E-state index contributed by atoms with van der Waals surface area (Å²) in [6.45, 7) is 6.59. The lowest BCUT2D eigenvalue weighted by Gasteiger charge is -2.42. The van der Waals surface area contributed by atoms with Gasteiger partial charge in [0.2, 0.25) is 0 Å². The molecular weight excluding hydrogens is 308 g/mol. The van der Waals surface area contributed by atoms with Gasteiger partial charge >= 0.3 is 0 Å². The first-order valence-corrected chi connectivity index (χ1v) is 7.24. The molecule has 0 radical (unpaired) electrons. The molecule has 4 nitrogen and oxygen atoms in total. The molecule has 5 heteroatoms. The Bertz CT molecular complexity index is 451. The number of ether oxygens (including phenoxy) is 1. The van der Waals surface area contributed by atoms with Crippen LogP contribution in [0, 0.1) is 0 Å². The molecule has 19 heavy (non-hydrogen) atoms. The molecule has 1 aromatic rings. The van der Waals surface area contributed by atoms with Crippen molar-refractivity contribution < 1.29 is 9.84 Å². The number of anilines is 1. The van der Waals surface area contributed by atoms with Crippen molar-refractivity contribution in [3.05, 3.63) is 28.2 Å². The van der Waals surface area contributed by atoms with Crippen LogP contribution in [0.25, 0.3) is 0 Å². The lowest BCUT2D eigenvalue weighted by molar-refractivity contribution is -0.150. The second kappa shape index (κ2) is 5.79. The minimum absolute atomic E-state index is 0.0584. The largest absolute Gasteiger partial charge is 0.399 e. The highest BCUT2D eigenvalue weighted by atomic mass is 79.9. The van der Waals surface area contributed by atoms with E-state index in [9.17, 15) is 5.11 Å². The number of nitrogens with two attached hydrogens (primary N) is 1. The number of halogens is 1. The molecule has 1 aliphatic rings. The Morgan fingerprint density at radius 2 is 2.26 bits per heavy atom. The molecular formula is C14H21BrN2O2. The van der Waals surface area contributed by atoms with Crippen molar-refractivity contribution in [3.63, 3.8) is 0 Å². The molecule has 0 spiro atoms. The fourth-order valence-electron chi connectivity index (χ4n) is 2.56. The van der Waals surface area contributed by atoms with Crippen molar-refractivity contribution in [2.45, 2.75) is 32.1 Å². The van der Waals surface area contributed by atoms with Gasteiger partial charge in [-0.15, -0.1) is 0 Å². The van der Waals surface area contributed by atoms with Gasteiger partial charge in [0, 0.05) is 29.8 Å². The Kier molecular flexibility index (Phi) is 4.50. The molecule has 0 saturated carbocycles. The van der Waals surface area contributed by atoms with Crippen LogP contribution in [-0.2, 0) is 11.3 Å². The summed E-state index contributed by atoms with van der Waals surface area (Å²) in [7, 11) is 0. The first-order valence-electron chi connectivity index (χ1n) is 6.44. The van der Waals surface area contributed by atoms with Crippen molar-refractivity contribution in [1.82, 2.24) is 4.90 Å². The highest BCUT2D eigenvalue weighted by molar-refractivity contribution is 9.10. The van der Waals surface area contributed by atoms with E-state index in [-0.39, 0.29) is 18.3 Å². The number of nitrogen functional groups attached to an aromatic ring is 1. The predicted octanol–water partition coefficient (Wildman–Crippen LogP) is 2.00. The summed E-state index contributed by atoms with van der Waals surface area (Å²) < 4.78 is 6.84. The number of nitrogens with zero attached hydrogens (tertiary/aromatic N) is 1. The van der Waals surface area contributed by atoms with Gasteiger partial charge in [-0.2, -0.15) is 0 Å². The fraction of sp³-hybridized carbons (Fsp3) is 0.571. The Morgan fingerprint density at radius 3 is 2.89 bits per heavy atom. The van der Waals surface area contributed by atoms with Gasteiger partial charge in [-0.05, 0) is 31.5 Å². The predicted molar refractivity (Wildman–Crippen MR) is 79.9 cm³/mol. The average Bonchev–Trinajstić information content (AvgIpc) is 2.31. The normalized spacial score (nSPS) is 23.5. The van der Waals surface area contributed by atoms with Crippen LogP contribution in [-0.4, -0.2) is 41.4 Å². The molecule has 1 saturated heterocycles. The number of aliphatic hydroxyl groups excluding tert-OH is 1. The van der Waals surface area contributed by atoms with Gasteiger partial charge < -0.3 is 15.6 Å². The van der Waals surface area contributed by atoms with Crippen LogP contribution in [0.1, 0.15) is 19.4 Å². The molecule has 0 amide bonds. The molecule has 1 aliphatic heterocycles. The van der Waals surface area contributed by atoms with E-state index >= 15 is 0 Å². The number of hydrogen-bond acceptors (Lipinski definition) is 4. The average molecular weight is 329 g/mol. The molecule has 1 aromatic carbocycles. The van der Waals surface area contributed by atoms with Crippen molar-refractivity contribution in [2.24, 2.45) is 0 Å². The number of morpholine rings is 1. The molecule has 1 atom stereocenters. The van der Waals surface area contributed by atoms with E-state index in [4.69, 9.17) is 10.5 Å².